The molecule has 4 heteroatoms. The lowest BCUT2D eigenvalue weighted by Crippen LogP contribution is -1.97. The standard InChI is InChI=1S/C15H20N2OS/c1-4-5-12-14(9-16)19-15(17-12)11-6-7-13(18-3)10(2)8-11/h6-8H,4-5,9,16H2,1-3H3. The molecule has 2 aromatic rings. The van der Waals surface area contributed by atoms with E-state index in [0.717, 1.165) is 40.4 Å². The van der Waals surface area contributed by atoms with Crippen LogP contribution in [0.25, 0.3) is 10.6 Å². The minimum Gasteiger partial charge on any atom is -0.496 e. The van der Waals surface area contributed by atoms with Crippen molar-refractivity contribution in [2.75, 3.05) is 7.11 Å². The summed E-state index contributed by atoms with van der Waals surface area (Å²) in [4.78, 5) is 5.93. The summed E-state index contributed by atoms with van der Waals surface area (Å²) in [7, 11) is 1.69. The van der Waals surface area contributed by atoms with E-state index < -0.39 is 0 Å². The van der Waals surface area contributed by atoms with Crippen molar-refractivity contribution in [2.24, 2.45) is 5.73 Å². The topological polar surface area (TPSA) is 48.1 Å². The van der Waals surface area contributed by atoms with E-state index in [1.54, 1.807) is 18.4 Å². The van der Waals surface area contributed by atoms with Gasteiger partial charge in [-0.3, -0.25) is 0 Å². The summed E-state index contributed by atoms with van der Waals surface area (Å²) in [5.74, 6) is 0.910. The first-order valence-corrected chi connectivity index (χ1v) is 7.34. The zero-order valence-corrected chi connectivity index (χ0v) is 12.5. The number of benzene rings is 1. The Labute approximate surface area is 118 Å². The Kier molecular flexibility index (Phi) is 4.56. The van der Waals surface area contributed by atoms with Gasteiger partial charge in [0, 0.05) is 17.0 Å². The molecule has 0 aliphatic carbocycles. The molecule has 3 nitrogen and oxygen atoms in total. The van der Waals surface area contributed by atoms with Crippen molar-refractivity contribution in [3.63, 3.8) is 0 Å². The van der Waals surface area contributed by atoms with Gasteiger partial charge in [0.1, 0.15) is 10.8 Å². The Hall–Kier alpha value is -1.39. The van der Waals surface area contributed by atoms with Gasteiger partial charge in [-0.25, -0.2) is 4.98 Å². The highest BCUT2D eigenvalue weighted by molar-refractivity contribution is 7.15. The largest absolute Gasteiger partial charge is 0.496 e. The molecule has 0 spiro atoms. The van der Waals surface area contributed by atoms with Gasteiger partial charge in [0.2, 0.25) is 0 Å². The molecule has 0 aliphatic rings. The molecule has 1 aromatic carbocycles. The molecule has 0 fully saturated rings. The molecular weight excluding hydrogens is 256 g/mol. The minimum atomic E-state index is 0.572. The Morgan fingerprint density at radius 2 is 2.16 bits per heavy atom. The normalized spacial score (nSPS) is 10.7. The van der Waals surface area contributed by atoms with E-state index in [-0.39, 0.29) is 0 Å². The maximum Gasteiger partial charge on any atom is 0.123 e. The number of nitrogens with two attached hydrogens (primary N) is 1. The number of rotatable bonds is 5. The predicted molar refractivity (Wildman–Crippen MR) is 80.7 cm³/mol. The molecule has 0 aliphatic heterocycles. The monoisotopic (exact) mass is 276 g/mol. The molecule has 0 radical (unpaired) electrons. The van der Waals surface area contributed by atoms with E-state index in [1.165, 1.54) is 4.88 Å². The lowest BCUT2D eigenvalue weighted by molar-refractivity contribution is 0.412. The molecule has 1 aromatic heterocycles. The summed E-state index contributed by atoms with van der Waals surface area (Å²) in [5.41, 5.74) is 9.22. The second-order valence-electron chi connectivity index (χ2n) is 4.53. The Morgan fingerprint density at radius 1 is 1.37 bits per heavy atom. The fraction of sp³-hybridized carbons (Fsp3) is 0.400. The zero-order chi connectivity index (χ0) is 13.8. The van der Waals surface area contributed by atoms with Crippen LogP contribution in [-0.2, 0) is 13.0 Å². The molecule has 0 bridgehead atoms. The van der Waals surface area contributed by atoms with Crippen LogP contribution >= 0.6 is 11.3 Å². The van der Waals surface area contributed by atoms with Crippen LogP contribution in [0.15, 0.2) is 18.2 Å². The van der Waals surface area contributed by atoms with E-state index in [0.29, 0.717) is 6.54 Å². The van der Waals surface area contributed by atoms with Crippen molar-refractivity contribution < 1.29 is 4.74 Å². The van der Waals surface area contributed by atoms with Gasteiger partial charge in [-0.2, -0.15) is 0 Å². The van der Waals surface area contributed by atoms with E-state index >= 15 is 0 Å². The maximum atomic E-state index is 5.80. The highest BCUT2D eigenvalue weighted by atomic mass is 32.1. The van der Waals surface area contributed by atoms with Crippen LogP contribution in [0.4, 0.5) is 0 Å². The molecule has 2 rings (SSSR count). The van der Waals surface area contributed by atoms with Gasteiger partial charge in [0.15, 0.2) is 0 Å². The third-order valence-electron chi connectivity index (χ3n) is 3.09. The lowest BCUT2D eigenvalue weighted by atomic mass is 10.1. The SMILES string of the molecule is CCCc1nc(-c2ccc(OC)c(C)c2)sc1CN. The molecule has 0 atom stereocenters. The molecule has 1 heterocycles. The number of aromatic nitrogens is 1. The van der Waals surface area contributed by atoms with Gasteiger partial charge >= 0.3 is 0 Å². The number of hydrogen-bond donors (Lipinski definition) is 1. The van der Waals surface area contributed by atoms with Gasteiger partial charge in [0.25, 0.3) is 0 Å². The van der Waals surface area contributed by atoms with Crippen LogP contribution in [0.1, 0.15) is 29.5 Å². The number of hydrogen-bond acceptors (Lipinski definition) is 4. The van der Waals surface area contributed by atoms with Crippen molar-refractivity contribution in [1.82, 2.24) is 4.98 Å². The van der Waals surface area contributed by atoms with Gasteiger partial charge in [-0.15, -0.1) is 11.3 Å². The average Bonchev–Trinajstić information content (AvgIpc) is 2.82. The van der Waals surface area contributed by atoms with Gasteiger partial charge in [-0.05, 0) is 37.1 Å². The first-order valence-electron chi connectivity index (χ1n) is 6.53. The van der Waals surface area contributed by atoms with Crippen LogP contribution in [0.5, 0.6) is 5.75 Å². The van der Waals surface area contributed by atoms with E-state index in [1.807, 2.05) is 13.0 Å². The van der Waals surface area contributed by atoms with E-state index in [9.17, 15) is 0 Å². The third kappa shape index (κ3) is 2.96. The van der Waals surface area contributed by atoms with E-state index in [2.05, 4.69) is 19.1 Å². The van der Waals surface area contributed by atoms with Crippen molar-refractivity contribution in [1.29, 1.82) is 0 Å². The minimum absolute atomic E-state index is 0.572. The van der Waals surface area contributed by atoms with Crippen LogP contribution < -0.4 is 10.5 Å². The first-order chi connectivity index (χ1) is 9.19. The molecule has 19 heavy (non-hydrogen) atoms. The number of aryl methyl sites for hydroxylation is 2. The molecule has 0 amide bonds. The average molecular weight is 276 g/mol. The second kappa shape index (κ2) is 6.17. The summed E-state index contributed by atoms with van der Waals surface area (Å²) in [6.07, 6.45) is 2.09. The predicted octanol–water partition coefficient (Wildman–Crippen LogP) is 3.54. The maximum absolute atomic E-state index is 5.80. The summed E-state index contributed by atoms with van der Waals surface area (Å²) in [6, 6.07) is 6.17. The van der Waals surface area contributed by atoms with Crippen molar-refractivity contribution in [2.45, 2.75) is 33.2 Å². The molecule has 0 saturated carbocycles. The Balaban J connectivity index is 2.38. The molecule has 0 saturated heterocycles. The zero-order valence-electron chi connectivity index (χ0n) is 11.7. The van der Waals surface area contributed by atoms with Crippen LogP contribution in [-0.4, -0.2) is 12.1 Å². The fourth-order valence-corrected chi connectivity index (χ4v) is 3.09. The van der Waals surface area contributed by atoms with Crippen LogP contribution in [0, 0.1) is 6.92 Å². The second-order valence-corrected chi connectivity index (χ2v) is 5.61. The van der Waals surface area contributed by atoms with Crippen molar-refractivity contribution in [3.8, 4) is 16.3 Å². The number of nitrogens with zero attached hydrogens (tertiary/aromatic N) is 1. The van der Waals surface area contributed by atoms with Crippen LogP contribution in [0.2, 0.25) is 0 Å². The third-order valence-corrected chi connectivity index (χ3v) is 4.26. The number of ether oxygens (including phenoxy) is 1. The molecule has 0 unspecified atom stereocenters. The summed E-state index contributed by atoms with van der Waals surface area (Å²) in [5, 5.41) is 1.05. The van der Waals surface area contributed by atoms with Crippen molar-refractivity contribution >= 4 is 11.3 Å². The van der Waals surface area contributed by atoms with Gasteiger partial charge in [-0.1, -0.05) is 13.3 Å². The quantitative estimate of drug-likeness (QED) is 0.908. The fourth-order valence-electron chi connectivity index (χ4n) is 2.11. The van der Waals surface area contributed by atoms with Crippen molar-refractivity contribution in [3.05, 3.63) is 34.3 Å². The van der Waals surface area contributed by atoms with Gasteiger partial charge < -0.3 is 10.5 Å². The summed E-state index contributed by atoms with van der Waals surface area (Å²) in [6.45, 7) is 4.78. The van der Waals surface area contributed by atoms with Gasteiger partial charge in [0.05, 0.1) is 12.8 Å². The number of thiazole rings is 1. The van der Waals surface area contributed by atoms with Crippen LogP contribution in [0.3, 0.4) is 0 Å². The summed E-state index contributed by atoms with van der Waals surface area (Å²) < 4.78 is 5.29. The number of methoxy groups -OCH3 is 1. The van der Waals surface area contributed by atoms with E-state index in [4.69, 9.17) is 15.5 Å². The lowest BCUT2D eigenvalue weighted by Gasteiger charge is -2.05. The first kappa shape index (κ1) is 14.0. The smallest absolute Gasteiger partial charge is 0.123 e. The Bertz CT molecular complexity index is 563. The summed E-state index contributed by atoms with van der Waals surface area (Å²) >= 11 is 1.70. The highest BCUT2D eigenvalue weighted by Crippen LogP contribution is 2.31. The molecular formula is C15H20N2OS. The highest BCUT2D eigenvalue weighted by Gasteiger charge is 2.11. The Morgan fingerprint density at radius 3 is 2.74 bits per heavy atom. The molecule has 102 valence electrons. The molecule has 2 N–H and O–H groups in total.